The summed E-state index contributed by atoms with van der Waals surface area (Å²) < 4.78 is 0. The van der Waals surface area contributed by atoms with Gasteiger partial charge in [-0.15, -0.1) is 0 Å². The fourth-order valence-corrected chi connectivity index (χ4v) is 3.02. The van der Waals surface area contributed by atoms with E-state index in [0.717, 1.165) is 18.6 Å². The summed E-state index contributed by atoms with van der Waals surface area (Å²) in [6.07, 6.45) is 4.87. The van der Waals surface area contributed by atoms with Crippen LogP contribution in [0.2, 0.25) is 0 Å². The van der Waals surface area contributed by atoms with Crippen LogP contribution >= 0.6 is 11.8 Å². The summed E-state index contributed by atoms with van der Waals surface area (Å²) in [6.45, 7) is 2.78. The molecule has 1 rings (SSSR count). The molecule has 0 bridgehead atoms. The van der Waals surface area contributed by atoms with Gasteiger partial charge in [-0.1, -0.05) is 6.92 Å². The first-order valence-corrected chi connectivity index (χ1v) is 8.18. The second-order valence-electron chi connectivity index (χ2n) is 5.30. The fourth-order valence-electron chi connectivity index (χ4n) is 2.33. The van der Waals surface area contributed by atoms with E-state index in [0.29, 0.717) is 25.3 Å². The van der Waals surface area contributed by atoms with Gasteiger partial charge in [-0.3, -0.25) is 4.79 Å². The van der Waals surface area contributed by atoms with E-state index in [-0.39, 0.29) is 18.0 Å². The zero-order chi connectivity index (χ0) is 14.3. The van der Waals surface area contributed by atoms with Gasteiger partial charge in [0.1, 0.15) is 0 Å². The van der Waals surface area contributed by atoms with Crippen LogP contribution in [0.1, 0.15) is 32.6 Å². The normalized spacial score (nSPS) is 24.5. The van der Waals surface area contributed by atoms with Crippen molar-refractivity contribution in [2.45, 2.75) is 38.6 Å². The van der Waals surface area contributed by atoms with E-state index in [1.165, 1.54) is 0 Å². The van der Waals surface area contributed by atoms with E-state index < -0.39 is 5.97 Å². The Labute approximate surface area is 118 Å². The standard InChI is InChI=1S/C13H24N2O3S/c1-9(8-19-2)7-14-13(18)15-11-5-3-10(4-6-11)12(16)17/h9-11H,3-8H2,1-2H3,(H,16,17)(H2,14,15,18). The zero-order valence-corrected chi connectivity index (χ0v) is 12.5. The Morgan fingerprint density at radius 3 is 2.47 bits per heavy atom. The maximum atomic E-state index is 11.7. The third-order valence-electron chi connectivity index (χ3n) is 3.47. The Balaban J connectivity index is 2.18. The topological polar surface area (TPSA) is 78.4 Å². The number of nitrogens with one attached hydrogen (secondary N) is 2. The molecule has 2 amide bonds. The Morgan fingerprint density at radius 1 is 1.32 bits per heavy atom. The van der Waals surface area contributed by atoms with Crippen molar-refractivity contribution >= 4 is 23.8 Å². The van der Waals surface area contributed by atoms with Gasteiger partial charge >= 0.3 is 12.0 Å². The molecule has 0 radical (unpaired) electrons. The van der Waals surface area contributed by atoms with Gasteiger partial charge in [-0.2, -0.15) is 11.8 Å². The molecule has 1 atom stereocenters. The minimum absolute atomic E-state index is 0.117. The highest BCUT2D eigenvalue weighted by Gasteiger charge is 2.26. The smallest absolute Gasteiger partial charge is 0.315 e. The van der Waals surface area contributed by atoms with Crippen LogP contribution < -0.4 is 10.6 Å². The SMILES string of the molecule is CSCC(C)CNC(=O)NC1CCC(C(=O)O)CC1. The molecule has 0 saturated heterocycles. The Bertz CT molecular complexity index is 304. The molecule has 1 aliphatic carbocycles. The lowest BCUT2D eigenvalue weighted by Gasteiger charge is -2.27. The molecule has 19 heavy (non-hydrogen) atoms. The summed E-state index contributed by atoms with van der Waals surface area (Å²) in [5.41, 5.74) is 0. The van der Waals surface area contributed by atoms with Crippen molar-refractivity contribution in [1.29, 1.82) is 0 Å². The summed E-state index contributed by atoms with van der Waals surface area (Å²) in [5, 5.41) is 14.7. The molecule has 1 aliphatic rings. The molecule has 5 nitrogen and oxygen atoms in total. The molecule has 1 saturated carbocycles. The number of amides is 2. The molecule has 0 aromatic carbocycles. The van der Waals surface area contributed by atoms with Crippen LogP contribution in [0, 0.1) is 11.8 Å². The monoisotopic (exact) mass is 288 g/mol. The van der Waals surface area contributed by atoms with Crippen molar-refractivity contribution in [1.82, 2.24) is 10.6 Å². The molecule has 110 valence electrons. The predicted molar refractivity (Wildman–Crippen MR) is 77.5 cm³/mol. The minimum atomic E-state index is -0.714. The van der Waals surface area contributed by atoms with Crippen LogP contribution in [-0.4, -0.2) is 41.7 Å². The lowest BCUT2D eigenvalue weighted by atomic mass is 9.86. The number of urea groups is 1. The molecule has 1 fully saturated rings. The molecular formula is C13H24N2O3S. The average molecular weight is 288 g/mol. The highest BCUT2D eigenvalue weighted by atomic mass is 32.2. The Kier molecular flexibility index (Phi) is 7.05. The first kappa shape index (κ1) is 16.1. The molecule has 0 heterocycles. The van der Waals surface area contributed by atoms with Gasteiger partial charge in [0.2, 0.25) is 0 Å². The van der Waals surface area contributed by atoms with Crippen molar-refractivity contribution in [2.75, 3.05) is 18.6 Å². The molecule has 1 unspecified atom stereocenters. The van der Waals surface area contributed by atoms with Crippen LogP contribution in [0.15, 0.2) is 0 Å². The van der Waals surface area contributed by atoms with E-state index in [9.17, 15) is 9.59 Å². The summed E-state index contributed by atoms with van der Waals surface area (Å²) in [6, 6.07) is -0.0156. The number of carboxylic acids is 1. The first-order chi connectivity index (χ1) is 9.02. The van der Waals surface area contributed by atoms with Crippen molar-refractivity contribution in [3.63, 3.8) is 0 Å². The number of thioether (sulfide) groups is 1. The van der Waals surface area contributed by atoms with Crippen LogP contribution in [0.3, 0.4) is 0 Å². The first-order valence-electron chi connectivity index (χ1n) is 6.79. The second-order valence-corrected chi connectivity index (χ2v) is 6.21. The van der Waals surface area contributed by atoms with Crippen molar-refractivity contribution in [2.24, 2.45) is 11.8 Å². The Hall–Kier alpha value is -0.910. The maximum Gasteiger partial charge on any atom is 0.315 e. The maximum absolute atomic E-state index is 11.7. The van der Waals surface area contributed by atoms with Gasteiger partial charge in [0.05, 0.1) is 5.92 Å². The number of carboxylic acid groups (broad SMARTS) is 1. The molecular weight excluding hydrogens is 264 g/mol. The lowest BCUT2D eigenvalue weighted by Crippen LogP contribution is -2.45. The number of rotatable bonds is 6. The van der Waals surface area contributed by atoms with Gasteiger partial charge in [0, 0.05) is 12.6 Å². The third-order valence-corrected chi connectivity index (χ3v) is 4.38. The largest absolute Gasteiger partial charge is 0.481 e. The van der Waals surface area contributed by atoms with E-state index in [1.807, 2.05) is 0 Å². The minimum Gasteiger partial charge on any atom is -0.481 e. The number of hydrogen-bond donors (Lipinski definition) is 3. The van der Waals surface area contributed by atoms with Gasteiger partial charge in [0.15, 0.2) is 0 Å². The molecule has 0 aromatic heterocycles. The number of hydrogen-bond acceptors (Lipinski definition) is 3. The van der Waals surface area contributed by atoms with Gasteiger partial charge < -0.3 is 15.7 Å². The van der Waals surface area contributed by atoms with Crippen LogP contribution in [0.4, 0.5) is 4.79 Å². The summed E-state index contributed by atoms with van der Waals surface area (Å²) in [7, 11) is 0. The Morgan fingerprint density at radius 2 is 1.95 bits per heavy atom. The second kappa shape index (κ2) is 8.30. The fraction of sp³-hybridized carbons (Fsp3) is 0.846. The van der Waals surface area contributed by atoms with E-state index in [4.69, 9.17) is 5.11 Å². The quantitative estimate of drug-likeness (QED) is 0.698. The molecule has 0 spiro atoms. The van der Waals surface area contributed by atoms with Crippen LogP contribution in [0.5, 0.6) is 0 Å². The van der Waals surface area contributed by atoms with E-state index >= 15 is 0 Å². The highest BCUT2D eigenvalue weighted by molar-refractivity contribution is 7.98. The van der Waals surface area contributed by atoms with Gasteiger partial charge in [0.25, 0.3) is 0 Å². The lowest BCUT2D eigenvalue weighted by molar-refractivity contribution is -0.142. The summed E-state index contributed by atoms with van der Waals surface area (Å²) in [4.78, 5) is 22.5. The van der Waals surface area contributed by atoms with Crippen LogP contribution in [-0.2, 0) is 4.79 Å². The molecule has 3 N–H and O–H groups in total. The van der Waals surface area contributed by atoms with Crippen molar-refractivity contribution < 1.29 is 14.7 Å². The van der Waals surface area contributed by atoms with E-state index in [2.05, 4.69) is 23.8 Å². The summed E-state index contributed by atoms with van der Waals surface area (Å²) in [5.74, 6) is 0.546. The zero-order valence-electron chi connectivity index (χ0n) is 11.6. The molecule has 6 heteroatoms. The predicted octanol–water partition coefficient (Wildman–Crippen LogP) is 1.93. The van der Waals surface area contributed by atoms with Crippen LogP contribution in [0.25, 0.3) is 0 Å². The van der Waals surface area contributed by atoms with E-state index in [1.54, 1.807) is 11.8 Å². The van der Waals surface area contributed by atoms with Crippen molar-refractivity contribution in [3.05, 3.63) is 0 Å². The molecule has 0 aromatic rings. The average Bonchev–Trinajstić information content (AvgIpc) is 2.37. The number of carbonyl (C=O) groups excluding carboxylic acids is 1. The number of aliphatic carboxylic acids is 1. The number of carbonyl (C=O) groups is 2. The summed E-state index contributed by atoms with van der Waals surface area (Å²) >= 11 is 1.77. The van der Waals surface area contributed by atoms with Gasteiger partial charge in [-0.25, -0.2) is 4.79 Å². The third kappa shape index (κ3) is 6.18. The van der Waals surface area contributed by atoms with Gasteiger partial charge in [-0.05, 0) is 43.6 Å². The highest BCUT2D eigenvalue weighted by Crippen LogP contribution is 2.24. The van der Waals surface area contributed by atoms with Crippen molar-refractivity contribution in [3.8, 4) is 0 Å². The molecule has 0 aliphatic heterocycles.